The van der Waals surface area contributed by atoms with E-state index in [2.05, 4.69) is 49.1 Å². The maximum atomic E-state index is 13.5. The highest BCUT2D eigenvalue weighted by Crippen LogP contribution is 2.19. The van der Waals surface area contributed by atoms with Crippen LogP contribution < -0.4 is 5.48 Å². The fourth-order valence-electron chi connectivity index (χ4n) is 3.88. The van der Waals surface area contributed by atoms with E-state index in [0.717, 1.165) is 36.9 Å². The van der Waals surface area contributed by atoms with Crippen LogP contribution in [0.3, 0.4) is 0 Å². The Kier molecular flexibility index (Phi) is 8.36. The monoisotopic (exact) mass is 433 g/mol. The second-order valence-electron chi connectivity index (χ2n) is 7.96. The number of nitrogens with one attached hydrogen (secondary N) is 1. The van der Waals surface area contributed by atoms with Gasteiger partial charge < -0.3 is 4.90 Å². The largest absolute Gasteiger partial charge is 0.321 e. The topological polar surface area (TPSA) is 72.9 Å². The summed E-state index contributed by atoms with van der Waals surface area (Å²) in [5.74, 6) is -0.694. The summed E-state index contributed by atoms with van der Waals surface area (Å²) in [5, 5.41) is 11.1. The minimum Gasteiger partial charge on any atom is -0.321 e. The highest BCUT2D eigenvalue weighted by Gasteiger charge is 2.19. The molecule has 0 heterocycles. The van der Waals surface area contributed by atoms with Crippen molar-refractivity contribution in [2.24, 2.45) is 0 Å². The number of carbonyl (C=O) groups excluding carboxylic acids is 2. The van der Waals surface area contributed by atoms with Crippen molar-refractivity contribution in [1.29, 1.82) is 0 Å². The molecule has 0 saturated carbocycles. The predicted molar refractivity (Wildman–Crippen MR) is 127 cm³/mol. The van der Waals surface area contributed by atoms with Crippen LogP contribution in [0.2, 0.25) is 0 Å². The minimum atomic E-state index is -0.603. The molecule has 168 valence electrons. The van der Waals surface area contributed by atoms with Crippen LogP contribution in [0, 0.1) is 0 Å². The third-order valence-electron chi connectivity index (χ3n) is 5.42. The van der Waals surface area contributed by atoms with Crippen LogP contribution in [0.5, 0.6) is 0 Å². The first-order chi connectivity index (χ1) is 15.5. The molecule has 0 bridgehead atoms. The quantitative estimate of drug-likeness (QED) is 0.277. The molecule has 6 heteroatoms. The van der Waals surface area contributed by atoms with Gasteiger partial charge >= 0.3 is 0 Å². The smallest absolute Gasteiger partial charge is 0.274 e. The molecule has 6 nitrogen and oxygen atoms in total. The summed E-state index contributed by atoms with van der Waals surface area (Å²) in [6.45, 7) is 7.15. The summed E-state index contributed by atoms with van der Waals surface area (Å²) in [6.07, 6.45) is 2.03. The summed E-state index contributed by atoms with van der Waals surface area (Å²) >= 11 is 0. The zero-order valence-corrected chi connectivity index (χ0v) is 18.8. The average molecular weight is 434 g/mol. The lowest BCUT2D eigenvalue weighted by molar-refractivity contribution is 0.0601. The molecule has 0 atom stereocenters. The van der Waals surface area contributed by atoms with Crippen LogP contribution in [0.4, 0.5) is 0 Å². The van der Waals surface area contributed by atoms with Crippen molar-refractivity contribution in [2.45, 2.75) is 33.2 Å². The Labute approximate surface area is 189 Å². The lowest BCUT2D eigenvalue weighted by atomic mass is 10.1. The molecule has 0 saturated heterocycles. The Morgan fingerprint density at radius 3 is 2.09 bits per heavy atom. The van der Waals surface area contributed by atoms with Gasteiger partial charge in [0.2, 0.25) is 0 Å². The number of hydrogen-bond donors (Lipinski definition) is 2. The second kappa shape index (κ2) is 11.4. The molecule has 3 aromatic rings. The van der Waals surface area contributed by atoms with Crippen molar-refractivity contribution in [3.05, 3.63) is 83.4 Å². The molecule has 32 heavy (non-hydrogen) atoms. The molecular formula is C26H31N3O3. The summed E-state index contributed by atoms with van der Waals surface area (Å²) in [4.78, 5) is 29.2. The van der Waals surface area contributed by atoms with Crippen molar-refractivity contribution in [3.63, 3.8) is 0 Å². The van der Waals surface area contributed by atoms with Crippen molar-refractivity contribution in [2.75, 3.05) is 19.8 Å². The summed E-state index contributed by atoms with van der Waals surface area (Å²) in [7, 11) is 0. The number of fused-ring (bicyclic) bond motifs is 1. The molecule has 0 aromatic heterocycles. The van der Waals surface area contributed by atoms with Crippen molar-refractivity contribution < 1.29 is 14.8 Å². The first kappa shape index (κ1) is 23.4. The number of rotatable bonds is 10. The number of benzene rings is 3. The molecule has 0 aliphatic rings. The van der Waals surface area contributed by atoms with Crippen LogP contribution in [0.1, 0.15) is 53.0 Å². The molecule has 0 spiro atoms. The number of nitrogens with zero attached hydrogens (tertiary/aromatic N) is 2. The Balaban J connectivity index is 1.87. The van der Waals surface area contributed by atoms with E-state index in [1.54, 1.807) is 29.7 Å². The molecule has 0 aliphatic carbocycles. The van der Waals surface area contributed by atoms with Crippen LogP contribution >= 0.6 is 0 Å². The highest BCUT2D eigenvalue weighted by molar-refractivity contribution is 5.97. The lowest BCUT2D eigenvalue weighted by Gasteiger charge is -2.30. The van der Waals surface area contributed by atoms with Crippen molar-refractivity contribution in [1.82, 2.24) is 15.3 Å². The third-order valence-corrected chi connectivity index (χ3v) is 5.42. The summed E-state index contributed by atoms with van der Waals surface area (Å²) < 4.78 is 0. The molecule has 0 aliphatic heterocycles. The van der Waals surface area contributed by atoms with E-state index < -0.39 is 5.91 Å². The van der Waals surface area contributed by atoms with Crippen molar-refractivity contribution >= 4 is 22.6 Å². The Hall–Kier alpha value is -3.22. The Morgan fingerprint density at radius 1 is 0.844 bits per heavy atom. The van der Waals surface area contributed by atoms with E-state index in [4.69, 9.17) is 5.21 Å². The Bertz CT molecular complexity index is 1040. The summed E-state index contributed by atoms with van der Waals surface area (Å²) in [6, 6.07) is 20.8. The normalized spacial score (nSPS) is 11.0. The molecule has 0 radical (unpaired) electrons. The van der Waals surface area contributed by atoms with Gasteiger partial charge in [-0.25, -0.2) is 5.48 Å². The van der Waals surface area contributed by atoms with E-state index in [9.17, 15) is 9.59 Å². The maximum Gasteiger partial charge on any atom is 0.274 e. The van der Waals surface area contributed by atoms with E-state index in [1.165, 1.54) is 5.39 Å². The summed E-state index contributed by atoms with van der Waals surface area (Å²) in [5.41, 5.74) is 3.49. The molecule has 2 N–H and O–H groups in total. The first-order valence-corrected chi connectivity index (χ1v) is 11.1. The van der Waals surface area contributed by atoms with Gasteiger partial charge in [0.05, 0.1) is 6.67 Å². The fraction of sp³-hybridized carbons (Fsp3) is 0.308. The number of amides is 2. The number of hydrogen-bond acceptors (Lipinski definition) is 4. The second-order valence-corrected chi connectivity index (χ2v) is 7.96. The molecule has 0 unspecified atom stereocenters. The van der Waals surface area contributed by atoms with Gasteiger partial charge in [0.1, 0.15) is 0 Å². The van der Waals surface area contributed by atoms with Gasteiger partial charge in [-0.05, 0) is 72.6 Å². The molecule has 2 amide bonds. The van der Waals surface area contributed by atoms with Gasteiger partial charge in [-0.2, -0.15) is 0 Å². The first-order valence-electron chi connectivity index (χ1n) is 11.1. The molecule has 3 rings (SSSR count). The van der Waals surface area contributed by atoms with Crippen molar-refractivity contribution in [3.8, 4) is 0 Å². The van der Waals surface area contributed by atoms with E-state index in [-0.39, 0.29) is 5.91 Å². The number of carbonyl (C=O) groups is 2. The van der Waals surface area contributed by atoms with E-state index in [1.807, 2.05) is 17.0 Å². The van der Waals surface area contributed by atoms with Gasteiger partial charge in [-0.15, -0.1) is 0 Å². The third kappa shape index (κ3) is 5.93. The highest BCUT2D eigenvalue weighted by atomic mass is 16.5. The molecule has 3 aromatic carbocycles. The molecular weight excluding hydrogens is 402 g/mol. The standard InChI is InChI=1S/C26H31N3O3/c1-3-15-28(16-4-2)19-29(18-20-9-10-21-7-5-6-8-24(21)17-20)26(31)23-13-11-22(12-14-23)25(30)27-32/h5-14,17,32H,3-4,15-16,18-19H2,1-2H3,(H,27,30). The maximum absolute atomic E-state index is 13.5. The van der Waals surface area contributed by atoms with Gasteiger partial charge in [-0.3, -0.25) is 19.7 Å². The fourth-order valence-corrected chi connectivity index (χ4v) is 3.88. The zero-order valence-electron chi connectivity index (χ0n) is 18.8. The number of hydroxylamine groups is 1. The Morgan fingerprint density at radius 2 is 1.47 bits per heavy atom. The SMILES string of the molecule is CCCN(CCC)CN(Cc1ccc2ccccc2c1)C(=O)c1ccc(C(=O)NO)cc1. The average Bonchev–Trinajstić information content (AvgIpc) is 2.83. The van der Waals surface area contributed by atoms with Gasteiger partial charge in [-0.1, -0.05) is 50.2 Å². The zero-order chi connectivity index (χ0) is 22.9. The van der Waals surface area contributed by atoms with Gasteiger partial charge in [0.25, 0.3) is 11.8 Å². The van der Waals surface area contributed by atoms with E-state index >= 15 is 0 Å². The van der Waals surface area contributed by atoms with Crippen LogP contribution in [0.15, 0.2) is 66.7 Å². The predicted octanol–water partition coefficient (Wildman–Crippen LogP) is 4.68. The van der Waals surface area contributed by atoms with Crippen LogP contribution in [-0.2, 0) is 6.54 Å². The lowest BCUT2D eigenvalue weighted by Crippen LogP contribution is -2.42. The van der Waals surface area contributed by atoms with Gasteiger partial charge in [0, 0.05) is 17.7 Å². The van der Waals surface area contributed by atoms with Crippen LogP contribution in [0.25, 0.3) is 10.8 Å². The van der Waals surface area contributed by atoms with Gasteiger partial charge in [0.15, 0.2) is 0 Å². The minimum absolute atomic E-state index is 0.0914. The van der Waals surface area contributed by atoms with E-state index in [0.29, 0.717) is 24.3 Å². The van der Waals surface area contributed by atoms with Crippen LogP contribution in [-0.4, -0.2) is 46.6 Å². The molecule has 0 fully saturated rings.